The minimum absolute atomic E-state index is 0.0131. The van der Waals surface area contributed by atoms with Crippen LogP contribution in [0.15, 0.2) is 47.1 Å². The first-order chi connectivity index (χ1) is 14.1. The van der Waals surface area contributed by atoms with Gasteiger partial charge in [-0.3, -0.25) is 25.2 Å². The highest BCUT2D eigenvalue weighted by atomic mass is 16.5. The van der Waals surface area contributed by atoms with Crippen molar-refractivity contribution in [1.82, 2.24) is 16.2 Å². The molecule has 0 fully saturated rings. The molecular formula is C21H25N3O6. The van der Waals surface area contributed by atoms with Crippen molar-refractivity contribution in [2.75, 3.05) is 6.61 Å². The maximum atomic E-state index is 12.3. The van der Waals surface area contributed by atoms with Gasteiger partial charge in [0.15, 0.2) is 12.4 Å². The number of carbonyl (C=O) groups is 4. The first kappa shape index (κ1) is 22.7. The Bertz CT molecular complexity index is 898. The lowest BCUT2D eigenvalue weighted by Crippen LogP contribution is -2.45. The lowest BCUT2D eigenvalue weighted by Gasteiger charge is -2.19. The van der Waals surface area contributed by atoms with Crippen molar-refractivity contribution in [3.8, 4) is 0 Å². The molecule has 0 aliphatic heterocycles. The quantitative estimate of drug-likeness (QED) is 0.487. The zero-order chi connectivity index (χ0) is 22.3. The van der Waals surface area contributed by atoms with Crippen LogP contribution in [-0.2, 0) is 19.7 Å². The Hall–Kier alpha value is -3.62. The second-order valence-electron chi connectivity index (χ2n) is 7.61. The summed E-state index contributed by atoms with van der Waals surface area (Å²) in [5.74, 6) is -2.62. The molecule has 160 valence electrons. The summed E-state index contributed by atoms with van der Waals surface area (Å²) < 4.78 is 9.71. The van der Waals surface area contributed by atoms with Gasteiger partial charge < -0.3 is 14.5 Å². The fraction of sp³-hybridized carbons (Fsp3) is 0.333. The molecule has 3 N–H and O–H groups in total. The van der Waals surface area contributed by atoms with E-state index in [9.17, 15) is 19.2 Å². The first-order valence-electron chi connectivity index (χ1n) is 9.28. The predicted molar refractivity (Wildman–Crippen MR) is 107 cm³/mol. The Labute approximate surface area is 174 Å². The van der Waals surface area contributed by atoms with E-state index in [1.54, 1.807) is 12.1 Å². The minimum Gasteiger partial charge on any atom is -0.459 e. The van der Waals surface area contributed by atoms with Crippen LogP contribution in [0.2, 0.25) is 0 Å². The number of ether oxygens (including phenoxy) is 1. The molecule has 0 saturated carbocycles. The Kier molecular flexibility index (Phi) is 7.35. The number of hydrazine groups is 1. The summed E-state index contributed by atoms with van der Waals surface area (Å²) in [4.78, 5) is 47.6. The van der Waals surface area contributed by atoms with Crippen molar-refractivity contribution in [2.24, 2.45) is 0 Å². The van der Waals surface area contributed by atoms with E-state index in [1.165, 1.54) is 25.3 Å². The third-order valence-corrected chi connectivity index (χ3v) is 4.12. The lowest BCUT2D eigenvalue weighted by atomic mass is 9.86. The Morgan fingerprint density at radius 1 is 1.00 bits per heavy atom. The molecule has 30 heavy (non-hydrogen) atoms. The molecule has 1 heterocycles. The first-order valence-corrected chi connectivity index (χ1v) is 9.28. The van der Waals surface area contributed by atoms with Gasteiger partial charge in [0.2, 0.25) is 0 Å². The molecule has 0 bridgehead atoms. The van der Waals surface area contributed by atoms with E-state index in [1.807, 2.05) is 12.1 Å². The van der Waals surface area contributed by atoms with Gasteiger partial charge in [0.05, 0.1) is 6.26 Å². The average Bonchev–Trinajstić information content (AvgIpc) is 3.24. The SMILES string of the molecule is C[C@H](NC(=O)c1ccc(C(C)(C)C)cc1)C(=O)OCC(=O)NNC(=O)c1ccco1. The molecule has 9 heteroatoms. The number of nitrogens with one attached hydrogen (secondary N) is 3. The van der Waals surface area contributed by atoms with Crippen LogP contribution < -0.4 is 16.2 Å². The van der Waals surface area contributed by atoms with Gasteiger partial charge in [-0.05, 0) is 42.2 Å². The van der Waals surface area contributed by atoms with Crippen molar-refractivity contribution in [3.63, 3.8) is 0 Å². The van der Waals surface area contributed by atoms with Gasteiger partial charge in [-0.25, -0.2) is 4.79 Å². The van der Waals surface area contributed by atoms with Gasteiger partial charge in [-0.2, -0.15) is 0 Å². The second kappa shape index (κ2) is 9.73. The third-order valence-electron chi connectivity index (χ3n) is 4.12. The van der Waals surface area contributed by atoms with Gasteiger partial charge in [-0.15, -0.1) is 0 Å². The highest BCUT2D eigenvalue weighted by Gasteiger charge is 2.20. The van der Waals surface area contributed by atoms with Crippen molar-refractivity contribution in [3.05, 3.63) is 59.5 Å². The number of benzene rings is 1. The normalized spacial score (nSPS) is 11.9. The van der Waals surface area contributed by atoms with E-state index in [0.29, 0.717) is 5.56 Å². The Morgan fingerprint density at radius 2 is 1.67 bits per heavy atom. The van der Waals surface area contributed by atoms with Gasteiger partial charge in [0.25, 0.3) is 11.8 Å². The molecule has 0 aliphatic carbocycles. The number of hydrogen-bond acceptors (Lipinski definition) is 6. The zero-order valence-electron chi connectivity index (χ0n) is 17.3. The monoisotopic (exact) mass is 415 g/mol. The zero-order valence-corrected chi connectivity index (χ0v) is 17.3. The van der Waals surface area contributed by atoms with Gasteiger partial charge in [-0.1, -0.05) is 32.9 Å². The molecule has 0 spiro atoms. The minimum atomic E-state index is -0.967. The van der Waals surface area contributed by atoms with Crippen LogP contribution in [0.3, 0.4) is 0 Å². The van der Waals surface area contributed by atoms with Crippen LogP contribution in [0, 0.1) is 0 Å². The molecule has 1 atom stereocenters. The summed E-state index contributed by atoms with van der Waals surface area (Å²) in [7, 11) is 0. The molecule has 1 aromatic carbocycles. The Morgan fingerprint density at radius 3 is 2.23 bits per heavy atom. The van der Waals surface area contributed by atoms with Crippen LogP contribution in [0.25, 0.3) is 0 Å². The molecule has 2 rings (SSSR count). The summed E-state index contributed by atoms with van der Waals surface area (Å²) >= 11 is 0. The summed E-state index contributed by atoms with van der Waals surface area (Å²) in [6.07, 6.45) is 1.31. The van der Waals surface area contributed by atoms with Crippen LogP contribution in [0.4, 0.5) is 0 Å². The fourth-order valence-electron chi connectivity index (χ4n) is 2.35. The van der Waals surface area contributed by atoms with E-state index < -0.39 is 36.3 Å². The molecule has 2 aromatic rings. The smallest absolute Gasteiger partial charge is 0.328 e. The van der Waals surface area contributed by atoms with Crippen molar-refractivity contribution in [1.29, 1.82) is 0 Å². The average molecular weight is 415 g/mol. The summed E-state index contributed by atoms with van der Waals surface area (Å²) in [5.41, 5.74) is 5.65. The maximum Gasteiger partial charge on any atom is 0.328 e. The van der Waals surface area contributed by atoms with E-state index in [2.05, 4.69) is 36.9 Å². The number of carbonyl (C=O) groups excluding carboxylic acids is 4. The molecule has 0 saturated heterocycles. The Balaban J connectivity index is 1.76. The largest absolute Gasteiger partial charge is 0.459 e. The van der Waals surface area contributed by atoms with Crippen LogP contribution in [-0.4, -0.2) is 36.3 Å². The van der Waals surface area contributed by atoms with Gasteiger partial charge in [0.1, 0.15) is 6.04 Å². The predicted octanol–water partition coefficient (Wildman–Crippen LogP) is 1.70. The van der Waals surface area contributed by atoms with Gasteiger partial charge in [0, 0.05) is 5.56 Å². The highest BCUT2D eigenvalue weighted by Crippen LogP contribution is 2.22. The summed E-state index contributed by atoms with van der Waals surface area (Å²) in [6.45, 7) is 7.02. The molecule has 0 unspecified atom stereocenters. The summed E-state index contributed by atoms with van der Waals surface area (Å²) in [5, 5.41) is 2.52. The van der Waals surface area contributed by atoms with Crippen molar-refractivity contribution in [2.45, 2.75) is 39.2 Å². The van der Waals surface area contributed by atoms with E-state index in [0.717, 1.165) is 5.56 Å². The molecule has 3 amide bonds. The second-order valence-corrected chi connectivity index (χ2v) is 7.61. The lowest BCUT2D eigenvalue weighted by molar-refractivity contribution is -0.150. The molecular weight excluding hydrogens is 390 g/mol. The molecule has 1 aromatic heterocycles. The van der Waals surface area contributed by atoms with Crippen molar-refractivity contribution < 1.29 is 28.3 Å². The number of esters is 1. The van der Waals surface area contributed by atoms with Crippen molar-refractivity contribution >= 4 is 23.7 Å². The number of amides is 3. The molecule has 0 aliphatic rings. The molecule has 9 nitrogen and oxygen atoms in total. The third kappa shape index (κ3) is 6.47. The standard InChI is InChI=1S/C21H25N3O6/c1-13(22-18(26)14-7-9-15(10-8-14)21(2,3)4)20(28)30-12-17(25)23-24-19(27)16-6-5-11-29-16/h5-11,13H,12H2,1-4H3,(H,22,26)(H,23,25)(H,24,27)/t13-/m0/s1. The van der Waals surface area contributed by atoms with Crippen LogP contribution >= 0.6 is 0 Å². The number of furan rings is 1. The molecule has 0 radical (unpaired) electrons. The maximum absolute atomic E-state index is 12.3. The topological polar surface area (TPSA) is 127 Å². The van der Waals surface area contributed by atoms with Gasteiger partial charge >= 0.3 is 11.9 Å². The number of rotatable bonds is 6. The number of hydrogen-bond donors (Lipinski definition) is 3. The van der Waals surface area contributed by atoms with Crippen LogP contribution in [0.1, 0.15) is 54.2 Å². The van der Waals surface area contributed by atoms with E-state index >= 15 is 0 Å². The fourth-order valence-corrected chi connectivity index (χ4v) is 2.35. The summed E-state index contributed by atoms with van der Waals surface area (Å²) in [6, 6.07) is 9.06. The highest BCUT2D eigenvalue weighted by molar-refractivity contribution is 5.97. The van der Waals surface area contributed by atoms with Crippen LogP contribution in [0.5, 0.6) is 0 Å². The van der Waals surface area contributed by atoms with E-state index in [4.69, 9.17) is 9.15 Å². The van der Waals surface area contributed by atoms with E-state index in [-0.39, 0.29) is 11.2 Å².